The summed E-state index contributed by atoms with van der Waals surface area (Å²) < 4.78 is 79.8. The molecule has 3 fully saturated rings. The van der Waals surface area contributed by atoms with E-state index in [-0.39, 0.29) is 59.5 Å². The molecule has 0 bridgehead atoms. The zero-order chi connectivity index (χ0) is 61.3. The Bertz CT molecular complexity index is 2910. The van der Waals surface area contributed by atoms with Gasteiger partial charge in [-0.3, -0.25) is 4.79 Å². The van der Waals surface area contributed by atoms with E-state index in [0.717, 1.165) is 46.2 Å². The minimum Gasteiger partial charge on any atom is -0.445 e. The number of unbranched alkanes of at least 4 members (excludes halogenated alkanes) is 3. The van der Waals surface area contributed by atoms with Crippen LogP contribution in [0.3, 0.4) is 0 Å². The van der Waals surface area contributed by atoms with Crippen molar-refractivity contribution in [1.29, 1.82) is 0 Å². The summed E-state index contributed by atoms with van der Waals surface area (Å²) in [7, 11) is 0. The van der Waals surface area contributed by atoms with Gasteiger partial charge in [0.15, 0.2) is 18.9 Å². The number of nitrogens with one attached hydrogen (secondary N) is 2. The van der Waals surface area contributed by atoms with Crippen molar-refractivity contribution in [3.63, 3.8) is 0 Å². The molecule has 0 spiro atoms. The Morgan fingerprint density at radius 1 is 0.432 bits per heavy atom. The molecule has 0 saturated carbocycles. The summed E-state index contributed by atoms with van der Waals surface area (Å²) in [4.78, 5) is 26.1. The van der Waals surface area contributed by atoms with Crippen LogP contribution >= 0.6 is 0 Å². The first-order valence-electron chi connectivity index (χ1n) is 30.4. The molecule has 3 heterocycles. The number of carbonyl (C=O) groups excluding carboxylic acids is 2. The van der Waals surface area contributed by atoms with Crippen molar-refractivity contribution in [1.82, 2.24) is 10.6 Å². The summed E-state index contributed by atoms with van der Waals surface area (Å²) in [5, 5.41) is 40.6. The number of ether oxygens (including phenoxy) is 12. The summed E-state index contributed by atoms with van der Waals surface area (Å²) in [6, 6.07) is 56.5. The molecule has 3 aliphatic rings. The smallest absolute Gasteiger partial charge is 0.407 e. The molecule has 19 heteroatoms. The number of aliphatic hydroxyl groups excluding tert-OH is 3. The van der Waals surface area contributed by atoms with Crippen molar-refractivity contribution in [2.75, 3.05) is 26.4 Å². The van der Waals surface area contributed by atoms with Gasteiger partial charge in [-0.15, -0.1) is 0 Å². The number of hydrogen-bond donors (Lipinski definition) is 5. The number of carbonyl (C=O) groups is 2. The van der Waals surface area contributed by atoms with Crippen molar-refractivity contribution < 1.29 is 81.8 Å². The van der Waals surface area contributed by atoms with Gasteiger partial charge in [0.05, 0.1) is 52.4 Å². The van der Waals surface area contributed by atoms with Crippen LogP contribution in [0.4, 0.5) is 4.79 Å². The van der Waals surface area contributed by atoms with Crippen LogP contribution in [0, 0.1) is 0 Å². The number of hydrogen-bond acceptors (Lipinski definition) is 17. The molecule has 2 amide bonds. The first-order valence-corrected chi connectivity index (χ1v) is 30.4. The molecule has 0 radical (unpaired) electrons. The first kappa shape index (κ1) is 65.9. The van der Waals surface area contributed by atoms with Crippen molar-refractivity contribution in [2.45, 2.75) is 171 Å². The molecule has 5 N–H and O–H groups in total. The highest BCUT2D eigenvalue weighted by molar-refractivity contribution is 5.73. The maximum atomic E-state index is 13.7. The Hall–Kier alpha value is -6.50. The highest BCUT2D eigenvalue weighted by Gasteiger charge is 2.56. The third kappa shape index (κ3) is 20.0. The van der Waals surface area contributed by atoms with Gasteiger partial charge in [-0.1, -0.05) is 195 Å². The van der Waals surface area contributed by atoms with Gasteiger partial charge in [-0.2, -0.15) is 0 Å². The Kier molecular flexibility index (Phi) is 26.3. The monoisotopic (exact) mass is 1210 g/mol. The number of alkyl carbamates (subject to hydrolysis) is 1. The van der Waals surface area contributed by atoms with Gasteiger partial charge in [0.25, 0.3) is 0 Å². The number of aliphatic hydroxyl groups is 3. The predicted octanol–water partition coefficient (Wildman–Crippen LogP) is 8.23. The van der Waals surface area contributed by atoms with Crippen molar-refractivity contribution in [3.8, 4) is 0 Å². The van der Waals surface area contributed by atoms with E-state index in [2.05, 4.69) is 10.6 Å². The average molecular weight is 1210 g/mol. The molecule has 0 aromatic heterocycles. The molecule has 0 aliphatic carbocycles. The van der Waals surface area contributed by atoms with Gasteiger partial charge in [0, 0.05) is 20.1 Å². The lowest BCUT2D eigenvalue weighted by atomic mass is 9.94. The molecule has 472 valence electrons. The molecule has 3 aliphatic heterocycles. The van der Waals surface area contributed by atoms with Crippen LogP contribution in [-0.4, -0.2) is 146 Å². The molecular formula is C69H84N2O17. The summed E-state index contributed by atoms with van der Waals surface area (Å²) in [5.41, 5.74) is 5.35. The van der Waals surface area contributed by atoms with E-state index in [1.807, 2.05) is 189 Å². The topological polar surface area (TPSA) is 230 Å². The summed E-state index contributed by atoms with van der Waals surface area (Å²) in [6.07, 6.45) is -15.2. The molecule has 3 saturated heterocycles. The van der Waals surface area contributed by atoms with E-state index in [4.69, 9.17) is 56.8 Å². The summed E-state index contributed by atoms with van der Waals surface area (Å²) in [6.45, 7) is 4.54. The van der Waals surface area contributed by atoms with Crippen LogP contribution in [0.2, 0.25) is 0 Å². The Morgan fingerprint density at radius 2 is 0.875 bits per heavy atom. The van der Waals surface area contributed by atoms with Crippen LogP contribution in [-0.2, 0) is 101 Å². The lowest BCUT2D eigenvalue weighted by Crippen LogP contribution is -2.70. The molecule has 0 unspecified atom stereocenters. The standard InChI is InChI=1S/C69H84N2O17/c1-47-61(80-41-51-29-15-7-16-30-51)64(81-42-52-31-17-8-18-32-52)65(82-43-53-33-19-9-20-34-53)68(84-47)88-63-57(71-48(2)72)66(79-38-24-4-3-23-37-70-69(76)83-44-54-35-21-10-22-36-54)86-56(46-78-40-50-27-13-6-14-28-50)62(63)87-67-60(75)59(74)58(73)55(85-67)45-77-39-49-25-11-5-12-26-49/h5-22,25-36,47,55-68,73-75H,3-4,23-24,37-46H2,1-2H3,(H,70,76)(H,71,72)/t47-,55+,56+,57+,58-,59-,60+,61+,62+,63+,64+,65-,66+,67-,68-/m0/s1. The lowest BCUT2D eigenvalue weighted by molar-refractivity contribution is -0.379. The normalized spacial score (nSPS) is 27.1. The molecule has 15 atom stereocenters. The van der Waals surface area contributed by atoms with E-state index in [9.17, 15) is 24.9 Å². The highest BCUT2D eigenvalue weighted by atomic mass is 16.8. The Labute approximate surface area is 515 Å². The zero-order valence-electron chi connectivity index (χ0n) is 49.9. The Balaban J connectivity index is 1.02. The van der Waals surface area contributed by atoms with Crippen LogP contribution in [0.15, 0.2) is 182 Å². The zero-order valence-corrected chi connectivity index (χ0v) is 49.9. The molecule has 88 heavy (non-hydrogen) atoms. The molecule has 6 aromatic rings. The van der Waals surface area contributed by atoms with Gasteiger partial charge in [0.1, 0.15) is 73.7 Å². The SMILES string of the molecule is CC(=O)N[C@H]1[C@H](OCCCCCCNC(=O)OCc2ccccc2)O[C@H](COCc2ccccc2)[C@@H](O[C@@H]2O[C@H](COCc3ccccc3)[C@H](O)[C@H](O)[C@H]2O)[C@@H]1O[C@@H]1O[C@@H](C)[C@@H](OCc2ccccc2)[C@@H](OCc2ccccc2)[C@@H]1OCc1ccccc1. The number of benzene rings is 6. The largest absolute Gasteiger partial charge is 0.445 e. The van der Waals surface area contributed by atoms with Crippen molar-refractivity contribution in [2.24, 2.45) is 0 Å². The van der Waals surface area contributed by atoms with E-state index in [0.29, 0.717) is 19.4 Å². The second-order valence-corrected chi connectivity index (χ2v) is 22.3. The fourth-order valence-electron chi connectivity index (χ4n) is 10.8. The van der Waals surface area contributed by atoms with Gasteiger partial charge in [-0.05, 0) is 53.1 Å². The summed E-state index contributed by atoms with van der Waals surface area (Å²) in [5.74, 6) is -0.459. The third-order valence-electron chi connectivity index (χ3n) is 15.5. The van der Waals surface area contributed by atoms with E-state index in [1.165, 1.54) is 6.92 Å². The fourth-order valence-corrected chi connectivity index (χ4v) is 10.8. The third-order valence-corrected chi connectivity index (χ3v) is 15.5. The number of rotatable bonds is 32. The van der Waals surface area contributed by atoms with Crippen LogP contribution in [0.1, 0.15) is 72.9 Å². The van der Waals surface area contributed by atoms with Gasteiger partial charge < -0.3 is 82.8 Å². The fraction of sp³-hybridized carbons (Fsp3) is 0.449. The predicted molar refractivity (Wildman–Crippen MR) is 323 cm³/mol. The van der Waals surface area contributed by atoms with Crippen LogP contribution in [0.5, 0.6) is 0 Å². The van der Waals surface area contributed by atoms with Crippen LogP contribution in [0.25, 0.3) is 0 Å². The quantitative estimate of drug-likeness (QED) is 0.0251. The average Bonchev–Trinajstić information content (AvgIpc) is 0.935. The molecule has 9 rings (SSSR count). The number of amides is 2. The maximum absolute atomic E-state index is 13.7. The van der Waals surface area contributed by atoms with E-state index < -0.39 is 104 Å². The minimum absolute atomic E-state index is 0.106. The summed E-state index contributed by atoms with van der Waals surface area (Å²) >= 11 is 0. The van der Waals surface area contributed by atoms with Crippen LogP contribution < -0.4 is 10.6 Å². The first-order chi connectivity index (χ1) is 43.1. The van der Waals surface area contributed by atoms with Gasteiger partial charge >= 0.3 is 6.09 Å². The maximum Gasteiger partial charge on any atom is 0.407 e. The van der Waals surface area contributed by atoms with E-state index in [1.54, 1.807) is 0 Å². The molecule has 19 nitrogen and oxygen atoms in total. The highest BCUT2D eigenvalue weighted by Crippen LogP contribution is 2.37. The van der Waals surface area contributed by atoms with Crippen molar-refractivity contribution >= 4 is 12.0 Å². The second-order valence-electron chi connectivity index (χ2n) is 22.3. The second kappa shape index (κ2) is 35.0. The molecule has 6 aromatic carbocycles. The minimum atomic E-state index is -1.80. The van der Waals surface area contributed by atoms with Crippen molar-refractivity contribution in [3.05, 3.63) is 215 Å². The Morgan fingerprint density at radius 3 is 1.40 bits per heavy atom. The lowest BCUT2D eigenvalue weighted by Gasteiger charge is -2.51. The molecular weight excluding hydrogens is 1130 g/mol. The van der Waals surface area contributed by atoms with Gasteiger partial charge in [-0.25, -0.2) is 4.79 Å². The van der Waals surface area contributed by atoms with Gasteiger partial charge in [0.2, 0.25) is 5.91 Å². The van der Waals surface area contributed by atoms with E-state index >= 15 is 0 Å².